The van der Waals surface area contributed by atoms with Gasteiger partial charge in [-0.25, -0.2) is 4.79 Å². The maximum absolute atomic E-state index is 12.5. The molecule has 2 heterocycles. The minimum atomic E-state index is -4.52. The van der Waals surface area contributed by atoms with Gasteiger partial charge in [-0.15, -0.1) is 0 Å². The van der Waals surface area contributed by atoms with Gasteiger partial charge < -0.3 is 10.0 Å². The highest BCUT2D eigenvalue weighted by Gasteiger charge is 2.35. The number of carboxylic acids is 1. The Morgan fingerprint density at radius 3 is 2.83 bits per heavy atom. The minimum Gasteiger partial charge on any atom is -0.480 e. The van der Waals surface area contributed by atoms with Crippen molar-refractivity contribution in [3.05, 3.63) is 24.0 Å². The van der Waals surface area contributed by atoms with E-state index in [9.17, 15) is 18.0 Å². The Bertz CT molecular complexity index is 462. The number of hydrogen-bond acceptors (Lipinski definition) is 3. The zero-order chi connectivity index (χ0) is 13.3. The Morgan fingerprint density at radius 2 is 2.22 bits per heavy atom. The van der Waals surface area contributed by atoms with Crippen LogP contribution in [0.2, 0.25) is 0 Å². The number of aromatic nitrogens is 1. The number of rotatable bonds is 2. The van der Waals surface area contributed by atoms with Crippen molar-refractivity contribution in [3.63, 3.8) is 0 Å². The third-order valence-corrected chi connectivity index (χ3v) is 2.90. The molecule has 7 heteroatoms. The summed E-state index contributed by atoms with van der Waals surface area (Å²) in [6, 6.07) is 1.53. The third-order valence-electron chi connectivity index (χ3n) is 2.90. The van der Waals surface area contributed by atoms with Gasteiger partial charge in [-0.3, -0.25) is 4.98 Å². The number of carbonyl (C=O) groups is 1. The Balaban J connectivity index is 2.31. The third kappa shape index (κ3) is 2.39. The molecule has 0 spiro atoms. The maximum atomic E-state index is 12.5. The fourth-order valence-corrected chi connectivity index (χ4v) is 2.09. The van der Waals surface area contributed by atoms with Gasteiger partial charge in [0.25, 0.3) is 0 Å². The molecule has 2 rings (SSSR count). The van der Waals surface area contributed by atoms with Gasteiger partial charge in [0.2, 0.25) is 0 Å². The van der Waals surface area contributed by atoms with Gasteiger partial charge in [0, 0.05) is 18.4 Å². The number of alkyl halides is 3. The molecule has 0 radical (unpaired) electrons. The van der Waals surface area contributed by atoms with Crippen LogP contribution in [0.1, 0.15) is 18.5 Å². The summed E-state index contributed by atoms with van der Waals surface area (Å²) < 4.78 is 37.5. The number of hydrogen-bond donors (Lipinski definition) is 1. The molecule has 0 amide bonds. The second-order valence-electron chi connectivity index (χ2n) is 4.09. The first-order valence-electron chi connectivity index (χ1n) is 5.42. The zero-order valence-electron chi connectivity index (χ0n) is 9.31. The summed E-state index contributed by atoms with van der Waals surface area (Å²) in [7, 11) is 0. The molecule has 0 unspecified atom stereocenters. The Labute approximate surface area is 101 Å². The quantitative estimate of drug-likeness (QED) is 0.885. The van der Waals surface area contributed by atoms with Crippen molar-refractivity contribution in [1.29, 1.82) is 0 Å². The second kappa shape index (κ2) is 4.47. The summed E-state index contributed by atoms with van der Waals surface area (Å²) in [6.07, 6.45) is -2.37. The van der Waals surface area contributed by atoms with Gasteiger partial charge in [0.15, 0.2) is 0 Å². The van der Waals surface area contributed by atoms with Gasteiger partial charge in [-0.1, -0.05) is 0 Å². The van der Waals surface area contributed by atoms with Crippen LogP contribution in [0, 0.1) is 0 Å². The maximum Gasteiger partial charge on any atom is 0.433 e. The largest absolute Gasteiger partial charge is 0.480 e. The van der Waals surface area contributed by atoms with Gasteiger partial charge in [0.1, 0.15) is 11.7 Å². The zero-order valence-corrected chi connectivity index (χ0v) is 9.31. The smallest absolute Gasteiger partial charge is 0.433 e. The van der Waals surface area contributed by atoms with E-state index in [2.05, 4.69) is 4.98 Å². The number of carboxylic acid groups (broad SMARTS) is 1. The van der Waals surface area contributed by atoms with Crippen LogP contribution in [0.5, 0.6) is 0 Å². The fraction of sp³-hybridized carbons (Fsp3) is 0.455. The van der Waals surface area contributed by atoms with Crippen molar-refractivity contribution in [1.82, 2.24) is 4.98 Å². The molecule has 0 bridgehead atoms. The molecule has 1 aromatic heterocycles. The number of aliphatic carboxylic acids is 1. The lowest BCUT2D eigenvalue weighted by atomic mass is 10.2. The van der Waals surface area contributed by atoms with Crippen molar-refractivity contribution < 1.29 is 23.1 Å². The Morgan fingerprint density at radius 1 is 1.50 bits per heavy atom. The molecular formula is C11H11F3N2O2. The average Bonchev–Trinajstić information content (AvgIpc) is 2.77. The summed E-state index contributed by atoms with van der Waals surface area (Å²) in [5, 5.41) is 8.99. The molecule has 0 saturated carbocycles. The topological polar surface area (TPSA) is 53.4 Å². The summed E-state index contributed by atoms with van der Waals surface area (Å²) in [5.74, 6) is -1.02. The van der Waals surface area contributed by atoms with Crippen molar-refractivity contribution >= 4 is 11.7 Å². The Kier molecular flexibility index (Phi) is 3.14. The van der Waals surface area contributed by atoms with Crippen LogP contribution < -0.4 is 4.90 Å². The van der Waals surface area contributed by atoms with Crippen LogP contribution in [0.4, 0.5) is 18.9 Å². The van der Waals surface area contributed by atoms with Crippen LogP contribution in [-0.2, 0) is 11.0 Å². The Hall–Kier alpha value is -1.79. The standard InChI is InChI=1S/C11H11F3N2O2/c12-11(13,14)9-6-7(3-4-15-9)16-5-1-2-8(16)10(17)18/h3-4,6,8H,1-2,5H2,(H,17,18)/t8-/m0/s1. The van der Waals surface area contributed by atoms with Crippen LogP contribution in [-0.4, -0.2) is 28.6 Å². The first-order valence-corrected chi connectivity index (χ1v) is 5.42. The van der Waals surface area contributed by atoms with E-state index in [-0.39, 0.29) is 5.69 Å². The van der Waals surface area contributed by atoms with E-state index < -0.39 is 23.9 Å². The van der Waals surface area contributed by atoms with Crippen LogP contribution in [0.15, 0.2) is 18.3 Å². The molecule has 0 aromatic carbocycles. The highest BCUT2D eigenvalue weighted by molar-refractivity contribution is 5.79. The molecule has 18 heavy (non-hydrogen) atoms. The summed E-state index contributed by atoms with van der Waals surface area (Å²) in [4.78, 5) is 15.7. The number of anilines is 1. The summed E-state index contributed by atoms with van der Waals surface area (Å²) >= 11 is 0. The predicted octanol–water partition coefficient (Wildman–Crippen LogP) is 2.15. The number of nitrogens with zero attached hydrogens (tertiary/aromatic N) is 2. The van der Waals surface area contributed by atoms with E-state index in [1.54, 1.807) is 0 Å². The molecule has 1 N–H and O–H groups in total. The van der Waals surface area contributed by atoms with Gasteiger partial charge >= 0.3 is 12.1 Å². The molecule has 1 saturated heterocycles. The molecule has 1 aliphatic rings. The predicted molar refractivity (Wildman–Crippen MR) is 57.2 cm³/mol. The lowest BCUT2D eigenvalue weighted by Crippen LogP contribution is -2.36. The average molecular weight is 260 g/mol. The van der Waals surface area contributed by atoms with E-state index in [0.29, 0.717) is 19.4 Å². The van der Waals surface area contributed by atoms with E-state index in [4.69, 9.17) is 5.11 Å². The van der Waals surface area contributed by atoms with E-state index >= 15 is 0 Å². The van der Waals surface area contributed by atoms with Crippen LogP contribution in [0.25, 0.3) is 0 Å². The lowest BCUT2D eigenvalue weighted by Gasteiger charge is -2.24. The molecular weight excluding hydrogens is 249 g/mol. The van der Waals surface area contributed by atoms with E-state index in [0.717, 1.165) is 12.3 Å². The molecule has 0 aliphatic carbocycles. The summed E-state index contributed by atoms with van der Waals surface area (Å²) in [5.41, 5.74) is -0.752. The van der Waals surface area contributed by atoms with Crippen molar-refractivity contribution in [3.8, 4) is 0 Å². The highest BCUT2D eigenvalue weighted by Crippen LogP contribution is 2.32. The molecule has 1 aromatic rings. The molecule has 4 nitrogen and oxygen atoms in total. The summed E-state index contributed by atoms with van der Waals surface area (Å²) in [6.45, 7) is 0.443. The molecule has 1 fully saturated rings. The first-order chi connectivity index (χ1) is 8.39. The number of halogens is 3. The molecule has 98 valence electrons. The van der Waals surface area contributed by atoms with E-state index in [1.807, 2.05) is 0 Å². The molecule has 1 aliphatic heterocycles. The highest BCUT2D eigenvalue weighted by atomic mass is 19.4. The van der Waals surface area contributed by atoms with Crippen molar-refractivity contribution in [2.24, 2.45) is 0 Å². The SMILES string of the molecule is O=C(O)[C@@H]1CCCN1c1ccnc(C(F)(F)F)c1. The van der Waals surface area contributed by atoms with Crippen molar-refractivity contribution in [2.75, 3.05) is 11.4 Å². The van der Waals surface area contributed by atoms with Gasteiger partial charge in [0.05, 0.1) is 0 Å². The minimum absolute atomic E-state index is 0.252. The molecule has 1 atom stereocenters. The fourth-order valence-electron chi connectivity index (χ4n) is 2.09. The van der Waals surface area contributed by atoms with Gasteiger partial charge in [-0.2, -0.15) is 13.2 Å². The van der Waals surface area contributed by atoms with E-state index in [1.165, 1.54) is 11.0 Å². The monoisotopic (exact) mass is 260 g/mol. The number of pyridine rings is 1. The van der Waals surface area contributed by atoms with Gasteiger partial charge in [-0.05, 0) is 25.0 Å². The normalized spacial score (nSPS) is 20.2. The van der Waals surface area contributed by atoms with Crippen LogP contribution in [0.3, 0.4) is 0 Å². The van der Waals surface area contributed by atoms with Crippen LogP contribution >= 0.6 is 0 Å². The van der Waals surface area contributed by atoms with Crippen molar-refractivity contribution in [2.45, 2.75) is 25.1 Å². The second-order valence-corrected chi connectivity index (χ2v) is 4.09. The lowest BCUT2D eigenvalue weighted by molar-refractivity contribution is -0.141. The first kappa shape index (κ1) is 12.7.